The van der Waals surface area contributed by atoms with Crippen LogP contribution >= 0.6 is 23.2 Å². The third-order valence-corrected chi connectivity index (χ3v) is 4.95. The van der Waals surface area contributed by atoms with Gasteiger partial charge in [0.25, 0.3) is 0 Å². The zero-order chi connectivity index (χ0) is 23.0. The molecule has 0 aliphatic carbocycles. The van der Waals surface area contributed by atoms with Crippen LogP contribution in [0.15, 0.2) is 77.9 Å². The minimum Gasteiger partial charge on any atom is -0.400 e. The van der Waals surface area contributed by atoms with E-state index in [9.17, 15) is 0 Å². The number of nitrogens with one attached hydrogen (secondary N) is 1. The summed E-state index contributed by atoms with van der Waals surface area (Å²) in [6.07, 6.45) is 0. The largest absolute Gasteiger partial charge is 0.400 e. The number of hydrazine groups is 1. The summed E-state index contributed by atoms with van der Waals surface area (Å²) in [5, 5.41) is 14.2. The van der Waals surface area contributed by atoms with Crippen LogP contribution in [-0.2, 0) is 5.41 Å². The minimum absolute atomic E-state index is 0.0691. The van der Waals surface area contributed by atoms with E-state index in [0.717, 1.165) is 18.4 Å². The van der Waals surface area contributed by atoms with Gasteiger partial charge in [-0.15, -0.1) is 5.10 Å². The zero-order valence-electron chi connectivity index (χ0n) is 18.1. The van der Waals surface area contributed by atoms with Crippen LogP contribution in [0.25, 0.3) is 0 Å². The molecule has 3 rings (SSSR count). The Bertz CT molecular complexity index is 1000. The molecule has 3 aromatic rings. The molecular formula is C24H28Cl2N4O. The van der Waals surface area contributed by atoms with E-state index in [0.29, 0.717) is 21.6 Å². The number of benzene rings is 3. The molecule has 7 heteroatoms. The van der Waals surface area contributed by atoms with Crippen LogP contribution in [0.4, 0.5) is 11.4 Å². The number of hydrogen-bond donors (Lipinski definition) is 3. The summed E-state index contributed by atoms with van der Waals surface area (Å²) in [4.78, 5) is 0. The number of amidine groups is 1. The van der Waals surface area contributed by atoms with Gasteiger partial charge in [-0.2, -0.15) is 5.12 Å². The Morgan fingerprint density at radius 3 is 2.13 bits per heavy atom. The van der Waals surface area contributed by atoms with E-state index in [2.05, 4.69) is 43.4 Å². The first-order valence-corrected chi connectivity index (χ1v) is 10.5. The summed E-state index contributed by atoms with van der Waals surface area (Å²) in [6.45, 7) is 6.52. The lowest BCUT2D eigenvalue weighted by molar-refractivity contribution is 0.399. The molecule has 0 saturated carbocycles. The highest BCUT2D eigenvalue weighted by atomic mass is 35.5. The maximum Gasteiger partial charge on any atom is 0.153 e. The molecule has 4 N–H and O–H groups in total. The van der Waals surface area contributed by atoms with E-state index in [4.69, 9.17) is 34.0 Å². The highest BCUT2D eigenvalue weighted by Crippen LogP contribution is 2.30. The van der Waals surface area contributed by atoms with Crippen LogP contribution in [0.5, 0.6) is 0 Å². The molecule has 0 aromatic heterocycles. The molecule has 0 bridgehead atoms. The van der Waals surface area contributed by atoms with Gasteiger partial charge in [-0.1, -0.05) is 86.4 Å². The maximum absolute atomic E-state index is 7.00. The second-order valence-corrected chi connectivity index (χ2v) is 8.54. The molecular weight excluding hydrogens is 431 g/mol. The average Bonchev–Trinajstić information content (AvgIpc) is 2.76. The van der Waals surface area contributed by atoms with E-state index in [1.54, 1.807) is 18.2 Å². The fraction of sp³-hybridized carbons (Fsp3) is 0.208. The molecule has 0 aliphatic rings. The Labute approximate surface area is 194 Å². The molecule has 0 unspecified atom stereocenters. The van der Waals surface area contributed by atoms with Crippen LogP contribution in [0.2, 0.25) is 10.0 Å². The number of anilines is 2. The lowest BCUT2D eigenvalue weighted by atomic mass is 9.87. The predicted octanol–water partition coefficient (Wildman–Crippen LogP) is 6.05. The molecule has 0 atom stereocenters. The first kappa shape index (κ1) is 24.5. The van der Waals surface area contributed by atoms with Crippen LogP contribution in [0.3, 0.4) is 0 Å². The topological polar surface area (TPSA) is 73.9 Å². The highest BCUT2D eigenvalue weighted by molar-refractivity contribution is 6.35. The second-order valence-electron chi connectivity index (χ2n) is 7.70. The normalized spacial score (nSPS) is 11.4. The number of aliphatic hydroxyl groups is 1. The SMILES string of the molecule is CC(C)(C)c1ccc(/C(N)=N/N(Nc2ccccc2)c2cc(Cl)ccc2Cl)cc1.CO. The summed E-state index contributed by atoms with van der Waals surface area (Å²) in [6, 6.07) is 22.9. The van der Waals surface area contributed by atoms with Gasteiger partial charge in [-0.3, -0.25) is 5.43 Å². The van der Waals surface area contributed by atoms with Crippen molar-refractivity contribution in [3.63, 3.8) is 0 Å². The molecule has 0 saturated heterocycles. The van der Waals surface area contributed by atoms with Gasteiger partial charge >= 0.3 is 0 Å². The second kappa shape index (κ2) is 11.0. The molecule has 164 valence electrons. The number of rotatable bonds is 5. The predicted molar refractivity (Wildman–Crippen MR) is 133 cm³/mol. The van der Waals surface area contributed by atoms with Gasteiger partial charge < -0.3 is 10.8 Å². The van der Waals surface area contributed by atoms with Gasteiger partial charge in [0.05, 0.1) is 10.7 Å². The molecule has 0 aliphatic heterocycles. The summed E-state index contributed by atoms with van der Waals surface area (Å²) in [5.74, 6) is 0.352. The maximum atomic E-state index is 7.00. The van der Waals surface area contributed by atoms with Crippen LogP contribution in [-0.4, -0.2) is 18.1 Å². The summed E-state index contributed by atoms with van der Waals surface area (Å²) < 4.78 is 0. The number of hydrazone groups is 1. The first-order chi connectivity index (χ1) is 14.7. The Morgan fingerprint density at radius 2 is 1.55 bits per heavy atom. The van der Waals surface area contributed by atoms with Crippen LogP contribution in [0.1, 0.15) is 31.9 Å². The quantitative estimate of drug-likeness (QED) is 0.247. The monoisotopic (exact) mass is 458 g/mol. The highest BCUT2D eigenvalue weighted by Gasteiger charge is 2.15. The third-order valence-electron chi connectivity index (χ3n) is 4.40. The summed E-state index contributed by atoms with van der Waals surface area (Å²) in [7, 11) is 1.00. The van der Waals surface area contributed by atoms with Gasteiger partial charge in [-0.05, 0) is 41.3 Å². The fourth-order valence-corrected chi connectivity index (χ4v) is 3.09. The fourth-order valence-electron chi connectivity index (χ4n) is 2.73. The lowest BCUT2D eigenvalue weighted by Crippen LogP contribution is -2.29. The van der Waals surface area contributed by atoms with Crippen molar-refractivity contribution in [2.75, 3.05) is 17.7 Å². The van der Waals surface area contributed by atoms with Crippen molar-refractivity contribution in [2.45, 2.75) is 26.2 Å². The van der Waals surface area contributed by atoms with Gasteiger partial charge in [0.15, 0.2) is 5.84 Å². The van der Waals surface area contributed by atoms with E-state index in [1.807, 2.05) is 42.5 Å². The van der Waals surface area contributed by atoms with E-state index in [-0.39, 0.29) is 5.41 Å². The number of halogens is 2. The third kappa shape index (κ3) is 6.89. The van der Waals surface area contributed by atoms with Crippen molar-refractivity contribution in [1.29, 1.82) is 0 Å². The Hall–Kier alpha value is -2.73. The average molecular weight is 459 g/mol. The Kier molecular flexibility index (Phi) is 8.75. The number of nitrogens with two attached hydrogens (primary N) is 1. The Morgan fingerprint density at radius 1 is 0.935 bits per heavy atom. The summed E-state index contributed by atoms with van der Waals surface area (Å²) >= 11 is 12.6. The number of nitrogens with zero attached hydrogens (tertiary/aromatic N) is 2. The molecule has 0 spiro atoms. The van der Waals surface area contributed by atoms with Crippen molar-refractivity contribution in [1.82, 2.24) is 0 Å². The van der Waals surface area contributed by atoms with Crippen molar-refractivity contribution < 1.29 is 5.11 Å². The minimum atomic E-state index is 0.0691. The van der Waals surface area contributed by atoms with E-state index < -0.39 is 0 Å². The van der Waals surface area contributed by atoms with Crippen LogP contribution < -0.4 is 16.3 Å². The van der Waals surface area contributed by atoms with Crippen molar-refractivity contribution >= 4 is 40.4 Å². The summed E-state index contributed by atoms with van der Waals surface area (Å²) in [5.41, 5.74) is 13.1. The van der Waals surface area contributed by atoms with Crippen molar-refractivity contribution in [3.8, 4) is 0 Å². The Balaban J connectivity index is 0.00000166. The van der Waals surface area contributed by atoms with Gasteiger partial charge in [0, 0.05) is 17.7 Å². The van der Waals surface area contributed by atoms with Gasteiger partial charge in [-0.25, -0.2) is 0 Å². The number of para-hydroxylation sites is 1. The smallest absolute Gasteiger partial charge is 0.153 e. The number of hydrogen-bond acceptors (Lipinski definition) is 4. The first-order valence-electron chi connectivity index (χ1n) is 9.70. The molecule has 0 radical (unpaired) electrons. The number of aliphatic hydroxyl groups excluding tert-OH is 1. The molecule has 0 fully saturated rings. The molecule has 31 heavy (non-hydrogen) atoms. The van der Waals surface area contributed by atoms with Crippen molar-refractivity contribution in [2.24, 2.45) is 10.8 Å². The van der Waals surface area contributed by atoms with E-state index >= 15 is 0 Å². The standard InChI is InChI=1S/C23H24Cl2N4.CH4O/c1-23(2,3)17-11-9-16(10-12-17)22(26)28-29(27-19-7-5-4-6-8-19)21-15-18(24)13-14-20(21)25;1-2/h4-15,27H,1-3H3,(H2,26,28);2H,1H3. The van der Waals surface area contributed by atoms with E-state index in [1.165, 1.54) is 10.7 Å². The molecule has 5 nitrogen and oxygen atoms in total. The molecule has 3 aromatic carbocycles. The molecule has 0 heterocycles. The molecule has 0 amide bonds. The van der Waals surface area contributed by atoms with Crippen LogP contribution in [0, 0.1) is 0 Å². The van der Waals surface area contributed by atoms with Crippen molar-refractivity contribution in [3.05, 3.63) is 94.0 Å². The van der Waals surface area contributed by atoms with Gasteiger partial charge in [0.1, 0.15) is 5.69 Å². The zero-order valence-corrected chi connectivity index (χ0v) is 19.6. The van der Waals surface area contributed by atoms with Gasteiger partial charge in [0.2, 0.25) is 0 Å². The lowest BCUT2D eigenvalue weighted by Gasteiger charge is -2.23.